The second-order valence-electron chi connectivity index (χ2n) is 8.26. The topological polar surface area (TPSA) is 65.2 Å². The number of hydrogen-bond donors (Lipinski definition) is 2. The Kier molecular flexibility index (Phi) is 5.82. The summed E-state index contributed by atoms with van der Waals surface area (Å²) in [6.45, 7) is 5.32. The van der Waals surface area contributed by atoms with Crippen LogP contribution in [0, 0.1) is 5.92 Å². The van der Waals surface area contributed by atoms with Gasteiger partial charge in [-0.05, 0) is 53.8 Å². The minimum absolute atomic E-state index is 0.0307. The molecule has 0 bridgehead atoms. The number of benzene rings is 2. The number of rotatable bonds is 6. The highest BCUT2D eigenvalue weighted by atomic mass is 35.5. The summed E-state index contributed by atoms with van der Waals surface area (Å²) in [5, 5.41) is 4.72. The maximum absolute atomic E-state index is 12.7. The summed E-state index contributed by atoms with van der Waals surface area (Å²) in [4.78, 5) is 30.1. The van der Waals surface area contributed by atoms with Crippen LogP contribution in [-0.2, 0) is 16.0 Å². The fourth-order valence-corrected chi connectivity index (χ4v) is 4.14. The highest BCUT2D eigenvalue weighted by molar-refractivity contribution is 6.31. The van der Waals surface area contributed by atoms with Crippen molar-refractivity contribution in [2.45, 2.75) is 32.6 Å². The first-order valence-corrected chi connectivity index (χ1v) is 10.7. The van der Waals surface area contributed by atoms with E-state index in [9.17, 15) is 9.59 Å². The van der Waals surface area contributed by atoms with Gasteiger partial charge in [0, 0.05) is 47.3 Å². The van der Waals surface area contributed by atoms with Gasteiger partial charge in [0.05, 0.1) is 5.92 Å². The van der Waals surface area contributed by atoms with E-state index in [0.29, 0.717) is 24.0 Å². The zero-order chi connectivity index (χ0) is 21.3. The van der Waals surface area contributed by atoms with Crippen LogP contribution in [-0.4, -0.2) is 34.8 Å². The summed E-state index contributed by atoms with van der Waals surface area (Å²) >= 11 is 6.12. The molecule has 156 valence electrons. The van der Waals surface area contributed by atoms with E-state index >= 15 is 0 Å². The van der Waals surface area contributed by atoms with Gasteiger partial charge in [-0.1, -0.05) is 37.6 Å². The molecule has 2 aromatic carbocycles. The Hall–Kier alpha value is -2.79. The number of anilines is 1. The lowest BCUT2D eigenvalue weighted by Gasteiger charge is -2.16. The lowest BCUT2D eigenvalue weighted by Crippen LogP contribution is -2.30. The van der Waals surface area contributed by atoms with E-state index in [2.05, 4.69) is 24.1 Å². The Morgan fingerprint density at radius 1 is 1.23 bits per heavy atom. The molecule has 2 amide bonds. The van der Waals surface area contributed by atoms with E-state index in [0.717, 1.165) is 28.6 Å². The van der Waals surface area contributed by atoms with Crippen molar-refractivity contribution in [3.63, 3.8) is 0 Å². The van der Waals surface area contributed by atoms with Gasteiger partial charge in [-0.15, -0.1) is 0 Å². The zero-order valence-corrected chi connectivity index (χ0v) is 18.0. The normalized spacial score (nSPS) is 16.6. The Bertz CT molecular complexity index is 1070. The van der Waals surface area contributed by atoms with Gasteiger partial charge in [0.1, 0.15) is 0 Å². The molecule has 0 aliphatic carbocycles. The quantitative estimate of drug-likeness (QED) is 0.587. The molecule has 2 heterocycles. The fourth-order valence-electron chi connectivity index (χ4n) is 3.97. The smallest absolute Gasteiger partial charge is 0.229 e. The van der Waals surface area contributed by atoms with Gasteiger partial charge in [0.25, 0.3) is 0 Å². The summed E-state index contributed by atoms with van der Waals surface area (Å²) < 4.78 is 0. The van der Waals surface area contributed by atoms with Crippen LogP contribution in [0.4, 0.5) is 5.69 Å². The number of hydrogen-bond acceptors (Lipinski definition) is 2. The second-order valence-corrected chi connectivity index (χ2v) is 8.70. The van der Waals surface area contributed by atoms with Crippen LogP contribution in [0.3, 0.4) is 0 Å². The SMILES string of the molecule is CC(C)c1ccc(NC(=O)C2CC(=O)N(CCc3c[nH]c4ccc(Cl)cc34)C2)cc1. The summed E-state index contributed by atoms with van der Waals surface area (Å²) in [6.07, 6.45) is 2.94. The summed E-state index contributed by atoms with van der Waals surface area (Å²) in [7, 11) is 0. The Balaban J connectivity index is 1.35. The molecule has 1 aromatic heterocycles. The van der Waals surface area contributed by atoms with Crippen molar-refractivity contribution in [1.82, 2.24) is 9.88 Å². The minimum Gasteiger partial charge on any atom is -0.361 e. The van der Waals surface area contributed by atoms with Gasteiger partial charge in [-0.3, -0.25) is 9.59 Å². The molecule has 30 heavy (non-hydrogen) atoms. The first-order valence-electron chi connectivity index (χ1n) is 10.3. The molecule has 0 radical (unpaired) electrons. The van der Waals surface area contributed by atoms with Crippen LogP contribution >= 0.6 is 11.6 Å². The molecule has 2 N–H and O–H groups in total. The molecule has 1 aliphatic heterocycles. The van der Waals surface area contributed by atoms with Crippen LogP contribution in [0.1, 0.15) is 37.3 Å². The highest BCUT2D eigenvalue weighted by Gasteiger charge is 2.34. The monoisotopic (exact) mass is 423 g/mol. The molecule has 0 spiro atoms. The molecule has 5 nitrogen and oxygen atoms in total. The number of halogens is 1. The molecule has 1 saturated heterocycles. The standard InChI is InChI=1S/C24H26ClN3O2/c1-15(2)16-3-6-20(7-4-16)27-24(30)18-11-23(29)28(14-18)10-9-17-13-26-22-8-5-19(25)12-21(17)22/h3-8,12-13,15,18,26H,9-11,14H2,1-2H3,(H,27,30). The van der Waals surface area contributed by atoms with Crippen molar-refractivity contribution in [2.75, 3.05) is 18.4 Å². The number of nitrogens with zero attached hydrogens (tertiary/aromatic N) is 1. The number of carbonyl (C=O) groups excluding carboxylic acids is 2. The number of fused-ring (bicyclic) bond motifs is 1. The lowest BCUT2D eigenvalue weighted by molar-refractivity contribution is -0.128. The fraction of sp³-hybridized carbons (Fsp3) is 0.333. The largest absolute Gasteiger partial charge is 0.361 e. The molecule has 6 heteroatoms. The average molecular weight is 424 g/mol. The average Bonchev–Trinajstić information content (AvgIpc) is 3.29. The highest BCUT2D eigenvalue weighted by Crippen LogP contribution is 2.25. The van der Waals surface area contributed by atoms with Gasteiger partial charge >= 0.3 is 0 Å². The van der Waals surface area contributed by atoms with Crippen LogP contribution in [0.2, 0.25) is 5.02 Å². The van der Waals surface area contributed by atoms with Crippen LogP contribution in [0.5, 0.6) is 0 Å². The Morgan fingerprint density at radius 3 is 2.73 bits per heavy atom. The van der Waals surface area contributed by atoms with Crippen LogP contribution < -0.4 is 5.32 Å². The van der Waals surface area contributed by atoms with Gasteiger partial charge in [-0.2, -0.15) is 0 Å². The van der Waals surface area contributed by atoms with Crippen LogP contribution in [0.15, 0.2) is 48.7 Å². The lowest BCUT2D eigenvalue weighted by atomic mass is 10.0. The zero-order valence-electron chi connectivity index (χ0n) is 17.2. The molecule has 1 aliphatic rings. The number of aromatic nitrogens is 1. The number of nitrogens with one attached hydrogen (secondary N) is 2. The maximum atomic E-state index is 12.7. The number of H-pyrrole nitrogens is 1. The van der Waals surface area contributed by atoms with Crippen molar-refractivity contribution in [3.05, 3.63) is 64.8 Å². The van der Waals surface area contributed by atoms with E-state index in [1.54, 1.807) is 4.90 Å². The number of amides is 2. The predicted octanol–water partition coefficient (Wildman–Crippen LogP) is 4.97. The first-order chi connectivity index (χ1) is 14.4. The van der Waals surface area contributed by atoms with E-state index in [4.69, 9.17) is 11.6 Å². The van der Waals surface area contributed by atoms with E-state index in [1.165, 1.54) is 5.56 Å². The van der Waals surface area contributed by atoms with Crippen molar-refractivity contribution < 1.29 is 9.59 Å². The molecular formula is C24H26ClN3O2. The minimum atomic E-state index is -0.320. The molecule has 0 saturated carbocycles. The molecule has 4 rings (SSSR count). The molecule has 3 aromatic rings. The van der Waals surface area contributed by atoms with Crippen molar-refractivity contribution in [3.8, 4) is 0 Å². The van der Waals surface area contributed by atoms with Crippen molar-refractivity contribution in [1.29, 1.82) is 0 Å². The first kappa shape index (κ1) is 20.5. The Labute approximate surface area is 181 Å². The van der Waals surface area contributed by atoms with E-state index < -0.39 is 0 Å². The third kappa shape index (κ3) is 4.36. The van der Waals surface area contributed by atoms with Crippen molar-refractivity contribution >= 4 is 40.0 Å². The summed E-state index contributed by atoms with van der Waals surface area (Å²) in [5.41, 5.74) is 4.15. The summed E-state index contributed by atoms with van der Waals surface area (Å²) in [6, 6.07) is 13.6. The maximum Gasteiger partial charge on any atom is 0.229 e. The second kappa shape index (κ2) is 8.52. The third-order valence-corrected chi connectivity index (χ3v) is 6.05. The predicted molar refractivity (Wildman–Crippen MR) is 121 cm³/mol. The molecule has 1 fully saturated rings. The number of likely N-dealkylation sites (tertiary alicyclic amines) is 1. The molecule has 1 atom stereocenters. The molecular weight excluding hydrogens is 398 g/mol. The van der Waals surface area contributed by atoms with Crippen molar-refractivity contribution in [2.24, 2.45) is 5.92 Å². The number of aromatic amines is 1. The van der Waals surface area contributed by atoms with E-state index in [-0.39, 0.29) is 24.2 Å². The third-order valence-electron chi connectivity index (χ3n) is 5.81. The summed E-state index contributed by atoms with van der Waals surface area (Å²) in [5.74, 6) is 0.0637. The Morgan fingerprint density at radius 2 is 2.00 bits per heavy atom. The van der Waals surface area contributed by atoms with E-state index in [1.807, 2.05) is 48.7 Å². The number of carbonyl (C=O) groups is 2. The molecule has 1 unspecified atom stereocenters. The van der Waals surface area contributed by atoms with Gasteiger partial charge in [-0.25, -0.2) is 0 Å². The van der Waals surface area contributed by atoms with Gasteiger partial charge in [0.2, 0.25) is 11.8 Å². The van der Waals surface area contributed by atoms with Crippen LogP contribution in [0.25, 0.3) is 10.9 Å². The van der Waals surface area contributed by atoms with Gasteiger partial charge in [0.15, 0.2) is 0 Å². The van der Waals surface area contributed by atoms with Gasteiger partial charge < -0.3 is 15.2 Å².